The van der Waals surface area contributed by atoms with Gasteiger partial charge in [-0.15, -0.1) is 0 Å². The highest BCUT2D eigenvalue weighted by Crippen LogP contribution is 2.32. The van der Waals surface area contributed by atoms with E-state index in [9.17, 15) is 0 Å². The Morgan fingerprint density at radius 2 is 1.94 bits per heavy atom. The van der Waals surface area contributed by atoms with Crippen LogP contribution in [0.5, 0.6) is 0 Å². The number of nitrogens with zero attached hydrogens (tertiary/aromatic N) is 3. The molecule has 0 radical (unpaired) electrons. The fourth-order valence-corrected chi connectivity index (χ4v) is 3.09. The van der Waals surface area contributed by atoms with Crippen LogP contribution in [-0.4, -0.2) is 34.0 Å². The molecule has 1 saturated heterocycles. The minimum Gasteiger partial charge on any atom is -0.299 e. The first-order valence-corrected chi connectivity index (χ1v) is 6.86. The second-order valence-electron chi connectivity index (χ2n) is 5.50. The van der Waals surface area contributed by atoms with Crippen LogP contribution < -0.4 is 0 Å². The van der Waals surface area contributed by atoms with Crippen molar-refractivity contribution in [3.63, 3.8) is 0 Å². The van der Waals surface area contributed by atoms with Crippen molar-refractivity contribution in [2.24, 2.45) is 0 Å². The van der Waals surface area contributed by atoms with Crippen molar-refractivity contribution in [3.05, 3.63) is 23.8 Å². The zero-order chi connectivity index (χ0) is 11.7. The number of rotatable bonds is 2. The van der Waals surface area contributed by atoms with Gasteiger partial charge in [-0.05, 0) is 25.8 Å². The minimum atomic E-state index is 0.580. The van der Waals surface area contributed by atoms with Crippen LogP contribution in [-0.2, 0) is 0 Å². The molecule has 2 aliphatic rings. The summed E-state index contributed by atoms with van der Waals surface area (Å²) in [7, 11) is 0. The third-order valence-corrected chi connectivity index (χ3v) is 4.18. The molecule has 0 N–H and O–H groups in total. The molecule has 1 aromatic rings. The van der Waals surface area contributed by atoms with Gasteiger partial charge in [0.15, 0.2) is 0 Å². The summed E-state index contributed by atoms with van der Waals surface area (Å²) in [4.78, 5) is 11.6. The van der Waals surface area contributed by atoms with Crippen LogP contribution in [0.2, 0.25) is 0 Å². The van der Waals surface area contributed by atoms with Crippen molar-refractivity contribution >= 4 is 0 Å². The maximum Gasteiger partial charge on any atom is 0.134 e. The van der Waals surface area contributed by atoms with Crippen molar-refractivity contribution in [2.45, 2.75) is 51.0 Å². The Morgan fingerprint density at radius 3 is 2.65 bits per heavy atom. The molecule has 2 fully saturated rings. The third kappa shape index (κ3) is 2.34. The molecule has 0 aromatic carbocycles. The maximum absolute atomic E-state index is 4.54. The lowest BCUT2D eigenvalue weighted by Crippen LogP contribution is -2.51. The average molecular weight is 231 g/mol. The topological polar surface area (TPSA) is 29.0 Å². The highest BCUT2D eigenvalue weighted by molar-refractivity contribution is 5.09. The quantitative estimate of drug-likeness (QED) is 0.783. The Morgan fingerprint density at radius 1 is 1.18 bits per heavy atom. The van der Waals surface area contributed by atoms with Crippen molar-refractivity contribution in [1.82, 2.24) is 14.9 Å². The highest BCUT2D eigenvalue weighted by atomic mass is 15.2. The SMILES string of the molecule is Cc1ccnc(C2CN(C3CCCCC3)C2)n1. The number of aryl methyl sites for hydroxylation is 1. The maximum atomic E-state index is 4.54. The molecular formula is C14H21N3. The van der Waals surface area contributed by atoms with Gasteiger partial charge in [0, 0.05) is 36.9 Å². The summed E-state index contributed by atoms with van der Waals surface area (Å²) in [5.41, 5.74) is 1.09. The molecule has 1 aliphatic heterocycles. The molecule has 1 aliphatic carbocycles. The molecule has 3 rings (SSSR count). The summed E-state index contributed by atoms with van der Waals surface area (Å²) in [5, 5.41) is 0. The van der Waals surface area contributed by atoms with E-state index in [-0.39, 0.29) is 0 Å². The first kappa shape index (κ1) is 11.1. The lowest BCUT2D eigenvalue weighted by atomic mass is 9.88. The monoisotopic (exact) mass is 231 g/mol. The number of hydrogen-bond donors (Lipinski definition) is 0. The zero-order valence-corrected chi connectivity index (χ0v) is 10.6. The summed E-state index contributed by atoms with van der Waals surface area (Å²) >= 11 is 0. The Balaban J connectivity index is 1.57. The molecule has 3 nitrogen and oxygen atoms in total. The number of aromatic nitrogens is 2. The van der Waals surface area contributed by atoms with Crippen LogP contribution >= 0.6 is 0 Å². The lowest BCUT2D eigenvalue weighted by molar-refractivity contribution is 0.0658. The van der Waals surface area contributed by atoms with Gasteiger partial charge in [0.2, 0.25) is 0 Å². The smallest absolute Gasteiger partial charge is 0.134 e. The average Bonchev–Trinajstić information content (AvgIpc) is 2.28. The Hall–Kier alpha value is -0.960. The van der Waals surface area contributed by atoms with E-state index in [1.54, 1.807) is 0 Å². The van der Waals surface area contributed by atoms with Crippen LogP contribution in [0, 0.1) is 6.92 Å². The molecule has 1 saturated carbocycles. The van der Waals surface area contributed by atoms with Crippen molar-refractivity contribution in [1.29, 1.82) is 0 Å². The Kier molecular flexibility index (Phi) is 3.10. The van der Waals surface area contributed by atoms with Gasteiger partial charge in [0.1, 0.15) is 5.82 Å². The van der Waals surface area contributed by atoms with Crippen LogP contribution in [0.15, 0.2) is 12.3 Å². The predicted molar refractivity (Wildman–Crippen MR) is 68.0 cm³/mol. The highest BCUT2D eigenvalue weighted by Gasteiger charge is 2.35. The molecule has 92 valence electrons. The number of likely N-dealkylation sites (tertiary alicyclic amines) is 1. The van der Waals surface area contributed by atoms with E-state index in [0.717, 1.165) is 17.6 Å². The number of hydrogen-bond acceptors (Lipinski definition) is 3. The van der Waals surface area contributed by atoms with Gasteiger partial charge in [-0.1, -0.05) is 19.3 Å². The van der Waals surface area contributed by atoms with Gasteiger partial charge in [-0.2, -0.15) is 0 Å². The molecule has 0 unspecified atom stereocenters. The molecule has 0 bridgehead atoms. The van der Waals surface area contributed by atoms with Crippen molar-refractivity contribution in [3.8, 4) is 0 Å². The molecule has 0 spiro atoms. The van der Waals surface area contributed by atoms with Crippen molar-refractivity contribution < 1.29 is 0 Å². The van der Waals surface area contributed by atoms with E-state index >= 15 is 0 Å². The third-order valence-electron chi connectivity index (χ3n) is 4.18. The molecule has 0 amide bonds. The van der Waals surface area contributed by atoms with E-state index in [2.05, 4.69) is 14.9 Å². The Labute approximate surface area is 103 Å². The van der Waals surface area contributed by atoms with Crippen LogP contribution in [0.25, 0.3) is 0 Å². The molecule has 1 aromatic heterocycles. The fourth-order valence-electron chi connectivity index (χ4n) is 3.09. The molecule has 0 atom stereocenters. The molecule has 2 heterocycles. The van der Waals surface area contributed by atoms with Crippen LogP contribution in [0.4, 0.5) is 0 Å². The standard InChI is InChI=1S/C14H21N3/c1-11-7-8-15-14(16-11)12-9-17(10-12)13-5-3-2-4-6-13/h7-8,12-13H,2-6,9-10H2,1H3. The van der Waals surface area contributed by atoms with E-state index in [1.165, 1.54) is 45.2 Å². The molecular weight excluding hydrogens is 210 g/mol. The zero-order valence-electron chi connectivity index (χ0n) is 10.6. The molecule has 17 heavy (non-hydrogen) atoms. The molecule has 3 heteroatoms. The second kappa shape index (κ2) is 4.73. The first-order chi connectivity index (χ1) is 8.33. The summed E-state index contributed by atoms with van der Waals surface area (Å²) in [6.45, 7) is 4.39. The van der Waals surface area contributed by atoms with Gasteiger partial charge in [-0.25, -0.2) is 9.97 Å². The summed E-state index contributed by atoms with van der Waals surface area (Å²) < 4.78 is 0. The fraction of sp³-hybridized carbons (Fsp3) is 0.714. The van der Waals surface area contributed by atoms with Gasteiger partial charge in [-0.3, -0.25) is 4.90 Å². The minimum absolute atomic E-state index is 0.580. The summed E-state index contributed by atoms with van der Waals surface area (Å²) in [6.07, 6.45) is 8.98. The lowest BCUT2D eigenvalue weighted by Gasteiger charge is -2.45. The van der Waals surface area contributed by atoms with Gasteiger partial charge in [0.05, 0.1) is 0 Å². The van der Waals surface area contributed by atoms with E-state index in [4.69, 9.17) is 0 Å². The van der Waals surface area contributed by atoms with Gasteiger partial charge < -0.3 is 0 Å². The first-order valence-electron chi connectivity index (χ1n) is 6.86. The summed E-state index contributed by atoms with van der Waals surface area (Å²) in [5.74, 6) is 1.63. The predicted octanol–water partition coefficient (Wildman–Crippen LogP) is 2.52. The van der Waals surface area contributed by atoms with E-state index in [0.29, 0.717) is 5.92 Å². The second-order valence-corrected chi connectivity index (χ2v) is 5.50. The Bertz CT molecular complexity index is 379. The van der Waals surface area contributed by atoms with E-state index in [1.807, 2.05) is 19.2 Å². The van der Waals surface area contributed by atoms with Gasteiger partial charge >= 0.3 is 0 Å². The normalized spacial score (nSPS) is 23.6. The van der Waals surface area contributed by atoms with E-state index < -0.39 is 0 Å². The largest absolute Gasteiger partial charge is 0.299 e. The van der Waals surface area contributed by atoms with Crippen molar-refractivity contribution in [2.75, 3.05) is 13.1 Å². The summed E-state index contributed by atoms with van der Waals surface area (Å²) in [6, 6.07) is 2.82. The van der Waals surface area contributed by atoms with Crippen LogP contribution in [0.3, 0.4) is 0 Å². The van der Waals surface area contributed by atoms with Gasteiger partial charge in [0.25, 0.3) is 0 Å². The van der Waals surface area contributed by atoms with Crippen LogP contribution in [0.1, 0.15) is 49.5 Å².